The summed E-state index contributed by atoms with van der Waals surface area (Å²) in [5.41, 5.74) is 0. The van der Waals surface area contributed by atoms with Gasteiger partial charge in [0.05, 0.1) is 5.88 Å². The molecule has 3 atom stereocenters. The number of carbonyl (C=O) groups is 1. The molecule has 0 aliphatic heterocycles. The highest BCUT2D eigenvalue weighted by atomic mass is 35.5. The van der Waals surface area contributed by atoms with E-state index >= 15 is 0 Å². The number of rotatable bonds is 2. The van der Waals surface area contributed by atoms with E-state index < -0.39 is 0 Å². The molecule has 0 saturated heterocycles. The molecule has 0 N–H and O–H groups in total. The molecule has 2 fully saturated rings. The maximum absolute atomic E-state index is 11.3. The molecule has 0 unspecified atom stereocenters. The van der Waals surface area contributed by atoms with Crippen LogP contribution in [0.5, 0.6) is 0 Å². The molecule has 0 spiro atoms. The van der Waals surface area contributed by atoms with Crippen LogP contribution in [0.2, 0.25) is 0 Å². The molecule has 62 valence electrons. The fraction of sp³-hybridized carbons (Fsp3) is 0.889. The van der Waals surface area contributed by atoms with Gasteiger partial charge in [-0.2, -0.15) is 0 Å². The van der Waals surface area contributed by atoms with Gasteiger partial charge in [-0.15, -0.1) is 11.6 Å². The highest BCUT2D eigenvalue weighted by Crippen LogP contribution is 2.48. The third-order valence-electron chi connectivity index (χ3n) is 3.28. The maximum atomic E-state index is 11.3. The van der Waals surface area contributed by atoms with Crippen molar-refractivity contribution in [1.29, 1.82) is 0 Å². The van der Waals surface area contributed by atoms with Gasteiger partial charge in [0.1, 0.15) is 0 Å². The van der Waals surface area contributed by atoms with E-state index in [1.54, 1.807) is 0 Å². The number of hydrogen-bond donors (Lipinski definition) is 0. The van der Waals surface area contributed by atoms with Crippen molar-refractivity contribution in [3.63, 3.8) is 0 Å². The summed E-state index contributed by atoms with van der Waals surface area (Å²) in [6, 6.07) is 0. The standard InChI is InChI=1S/C9H13ClO/c10-5-9(11)8-4-6-1-2-7(8)3-6/h6-8H,1-5H2/t6-,7+,8+/m1/s1. The molecule has 0 radical (unpaired) electrons. The lowest BCUT2D eigenvalue weighted by Crippen LogP contribution is -2.21. The van der Waals surface area contributed by atoms with Crippen LogP contribution >= 0.6 is 11.6 Å². The van der Waals surface area contributed by atoms with Crippen LogP contribution in [0.4, 0.5) is 0 Å². The van der Waals surface area contributed by atoms with Gasteiger partial charge in [-0.1, -0.05) is 6.42 Å². The average molecular weight is 173 g/mol. The van der Waals surface area contributed by atoms with E-state index in [9.17, 15) is 4.79 Å². The normalized spacial score (nSPS) is 41.4. The highest BCUT2D eigenvalue weighted by Gasteiger charge is 2.42. The Labute approximate surface area is 72.1 Å². The summed E-state index contributed by atoms with van der Waals surface area (Å²) in [6.07, 6.45) is 5.07. The zero-order valence-corrected chi connectivity index (χ0v) is 7.31. The lowest BCUT2D eigenvalue weighted by Gasteiger charge is -2.18. The lowest BCUT2D eigenvalue weighted by atomic mass is 9.86. The quantitative estimate of drug-likeness (QED) is 0.584. The second-order valence-corrected chi connectivity index (χ2v) is 4.15. The number of alkyl halides is 1. The highest BCUT2D eigenvalue weighted by molar-refractivity contribution is 6.27. The molecule has 11 heavy (non-hydrogen) atoms. The Bertz CT molecular complexity index is 178. The Kier molecular flexibility index (Phi) is 1.92. The zero-order valence-electron chi connectivity index (χ0n) is 6.55. The van der Waals surface area contributed by atoms with Gasteiger partial charge in [0.25, 0.3) is 0 Å². The first-order chi connectivity index (χ1) is 5.31. The average Bonchev–Trinajstić information content (AvgIpc) is 2.62. The van der Waals surface area contributed by atoms with Crippen LogP contribution in [-0.4, -0.2) is 11.7 Å². The zero-order chi connectivity index (χ0) is 7.84. The minimum absolute atomic E-state index is 0.230. The molecular weight excluding hydrogens is 160 g/mol. The van der Waals surface area contributed by atoms with Crippen LogP contribution in [-0.2, 0) is 4.79 Å². The van der Waals surface area contributed by atoms with E-state index in [1.807, 2.05) is 0 Å². The van der Waals surface area contributed by atoms with Gasteiger partial charge < -0.3 is 0 Å². The van der Waals surface area contributed by atoms with Gasteiger partial charge in [0.15, 0.2) is 5.78 Å². The van der Waals surface area contributed by atoms with Crippen molar-refractivity contribution < 1.29 is 4.79 Å². The minimum atomic E-state index is 0.230. The number of hydrogen-bond acceptors (Lipinski definition) is 1. The molecule has 0 aromatic heterocycles. The SMILES string of the molecule is O=C(CCl)[C@H]1C[C@@H]2CC[C@H]1C2. The van der Waals surface area contributed by atoms with Gasteiger partial charge in [0.2, 0.25) is 0 Å². The maximum Gasteiger partial charge on any atom is 0.150 e. The van der Waals surface area contributed by atoms with Gasteiger partial charge in [-0.3, -0.25) is 4.79 Å². The largest absolute Gasteiger partial charge is 0.298 e. The van der Waals surface area contributed by atoms with Crippen LogP contribution in [0.15, 0.2) is 0 Å². The monoisotopic (exact) mass is 172 g/mol. The van der Waals surface area contributed by atoms with Gasteiger partial charge in [-0.05, 0) is 31.1 Å². The predicted octanol–water partition coefficient (Wildman–Crippen LogP) is 2.23. The Morgan fingerprint density at radius 1 is 1.36 bits per heavy atom. The molecule has 2 aliphatic rings. The Morgan fingerprint density at radius 3 is 2.64 bits per heavy atom. The number of carbonyl (C=O) groups excluding carboxylic acids is 1. The number of Topliss-reactive ketones (excluding diaryl/α,β-unsaturated/α-hetero) is 1. The molecule has 0 aromatic rings. The molecule has 2 rings (SSSR count). The molecule has 1 nitrogen and oxygen atoms in total. The number of fused-ring (bicyclic) bond motifs is 2. The van der Waals surface area contributed by atoms with Gasteiger partial charge >= 0.3 is 0 Å². The Hall–Kier alpha value is -0.0400. The van der Waals surface area contributed by atoms with Crippen LogP contribution in [0, 0.1) is 17.8 Å². The summed E-state index contributed by atoms with van der Waals surface area (Å²) in [5, 5.41) is 0. The first-order valence-electron chi connectivity index (χ1n) is 4.40. The van der Waals surface area contributed by atoms with E-state index in [-0.39, 0.29) is 5.88 Å². The van der Waals surface area contributed by atoms with E-state index in [2.05, 4.69) is 0 Å². The summed E-state index contributed by atoms with van der Waals surface area (Å²) >= 11 is 5.52. The molecule has 2 bridgehead atoms. The molecule has 2 heteroatoms. The van der Waals surface area contributed by atoms with Gasteiger partial charge in [-0.25, -0.2) is 0 Å². The van der Waals surface area contributed by atoms with Crippen molar-refractivity contribution in [2.24, 2.45) is 17.8 Å². The lowest BCUT2D eigenvalue weighted by molar-refractivity contribution is -0.121. The van der Waals surface area contributed by atoms with E-state index in [4.69, 9.17) is 11.6 Å². The summed E-state index contributed by atoms with van der Waals surface area (Å²) in [6.45, 7) is 0. The van der Waals surface area contributed by atoms with Crippen LogP contribution in [0.3, 0.4) is 0 Å². The van der Waals surface area contributed by atoms with Crippen molar-refractivity contribution in [2.75, 3.05) is 5.88 Å². The second-order valence-electron chi connectivity index (χ2n) is 3.88. The fourth-order valence-electron chi connectivity index (χ4n) is 2.74. The Balaban J connectivity index is 2.02. The smallest absolute Gasteiger partial charge is 0.150 e. The van der Waals surface area contributed by atoms with Crippen LogP contribution in [0.1, 0.15) is 25.7 Å². The second kappa shape index (κ2) is 2.78. The van der Waals surface area contributed by atoms with Crippen molar-refractivity contribution in [3.05, 3.63) is 0 Å². The van der Waals surface area contributed by atoms with Crippen molar-refractivity contribution in [3.8, 4) is 0 Å². The number of ketones is 1. The van der Waals surface area contributed by atoms with Crippen molar-refractivity contribution in [2.45, 2.75) is 25.7 Å². The molecule has 2 aliphatic carbocycles. The van der Waals surface area contributed by atoms with E-state index in [0.717, 1.165) is 12.3 Å². The Morgan fingerprint density at radius 2 is 2.18 bits per heavy atom. The summed E-state index contributed by atoms with van der Waals surface area (Å²) in [4.78, 5) is 11.3. The molecule has 0 aromatic carbocycles. The third kappa shape index (κ3) is 1.20. The predicted molar refractivity (Wildman–Crippen MR) is 44.7 cm³/mol. The van der Waals surface area contributed by atoms with Gasteiger partial charge in [0, 0.05) is 5.92 Å². The molecule has 0 amide bonds. The van der Waals surface area contributed by atoms with E-state index in [1.165, 1.54) is 19.3 Å². The molecule has 2 saturated carbocycles. The summed E-state index contributed by atoms with van der Waals surface area (Å²) in [5.74, 6) is 2.42. The van der Waals surface area contributed by atoms with Crippen molar-refractivity contribution >= 4 is 17.4 Å². The minimum Gasteiger partial charge on any atom is -0.298 e. The molecule has 0 heterocycles. The third-order valence-corrected chi connectivity index (χ3v) is 3.55. The van der Waals surface area contributed by atoms with Crippen molar-refractivity contribution in [1.82, 2.24) is 0 Å². The summed E-state index contributed by atoms with van der Waals surface area (Å²) in [7, 11) is 0. The topological polar surface area (TPSA) is 17.1 Å². The first-order valence-corrected chi connectivity index (χ1v) is 4.93. The van der Waals surface area contributed by atoms with Crippen LogP contribution < -0.4 is 0 Å². The molecular formula is C9H13ClO. The fourth-order valence-corrected chi connectivity index (χ4v) is 2.94. The van der Waals surface area contributed by atoms with E-state index in [0.29, 0.717) is 17.6 Å². The first kappa shape index (κ1) is 7.60. The number of halogens is 1. The van der Waals surface area contributed by atoms with Crippen LogP contribution in [0.25, 0.3) is 0 Å². The summed E-state index contributed by atoms with van der Waals surface area (Å²) < 4.78 is 0.